The Bertz CT molecular complexity index is 111. The van der Waals surface area contributed by atoms with Crippen LogP contribution in [0, 0.1) is 0 Å². The fourth-order valence-electron chi connectivity index (χ4n) is 0.930. The molecule has 0 aliphatic rings. The molecule has 0 unspecified atom stereocenters. The summed E-state index contributed by atoms with van der Waals surface area (Å²) in [6, 6.07) is 0. The minimum atomic E-state index is 0.669. The van der Waals surface area contributed by atoms with E-state index in [9.17, 15) is 0 Å². The maximum atomic E-state index is 4.98. The van der Waals surface area contributed by atoms with Crippen LogP contribution < -0.4 is 0 Å². The monoisotopic (exact) mass is 186 g/mol. The van der Waals surface area contributed by atoms with Gasteiger partial charge in [-0.15, -0.1) is 0 Å². The summed E-state index contributed by atoms with van der Waals surface area (Å²) in [7, 11) is 0. The molecule has 2 heteroatoms. The lowest BCUT2D eigenvalue weighted by molar-refractivity contribution is -0.293. The quantitative estimate of drug-likeness (QED) is 0.237. The van der Waals surface area contributed by atoms with Crippen LogP contribution in [-0.2, 0) is 9.78 Å². The summed E-state index contributed by atoms with van der Waals surface area (Å²) >= 11 is 0. The van der Waals surface area contributed by atoms with Crippen LogP contribution >= 0.6 is 0 Å². The highest BCUT2D eigenvalue weighted by Crippen LogP contribution is 1.95. The first-order valence-corrected chi connectivity index (χ1v) is 5.31. The Kier molecular flexibility index (Phi) is 11.4. The molecular weight excluding hydrogens is 164 g/mol. The van der Waals surface area contributed by atoms with Crippen LogP contribution in [-0.4, -0.2) is 13.2 Å². The Morgan fingerprint density at radius 2 is 1.69 bits per heavy atom. The van der Waals surface area contributed by atoms with Gasteiger partial charge in [-0.1, -0.05) is 38.8 Å². The van der Waals surface area contributed by atoms with E-state index in [0.717, 1.165) is 25.9 Å². The van der Waals surface area contributed by atoms with Crippen molar-refractivity contribution in [3.05, 3.63) is 12.2 Å². The molecule has 78 valence electrons. The second-order valence-electron chi connectivity index (χ2n) is 3.02. The second kappa shape index (κ2) is 11.7. The Hall–Kier alpha value is -0.340. The molecular formula is C11H22O2. The first kappa shape index (κ1) is 12.7. The summed E-state index contributed by atoms with van der Waals surface area (Å²) in [6.07, 6.45) is 9.85. The van der Waals surface area contributed by atoms with Gasteiger partial charge in [-0.25, -0.2) is 9.78 Å². The van der Waals surface area contributed by atoms with Gasteiger partial charge in [0.15, 0.2) is 0 Å². The largest absolute Gasteiger partial charge is 0.237 e. The SMILES string of the molecule is CC/C=C/CCOOCCCCC. The Morgan fingerprint density at radius 1 is 0.923 bits per heavy atom. The molecule has 0 aliphatic heterocycles. The highest BCUT2D eigenvalue weighted by Gasteiger charge is 1.88. The van der Waals surface area contributed by atoms with Crippen molar-refractivity contribution in [1.82, 2.24) is 0 Å². The molecule has 2 nitrogen and oxygen atoms in total. The molecule has 0 amide bonds. The first-order chi connectivity index (χ1) is 6.41. The number of allylic oxidation sites excluding steroid dienone is 1. The highest BCUT2D eigenvalue weighted by molar-refractivity contribution is 4.79. The highest BCUT2D eigenvalue weighted by atomic mass is 17.2. The van der Waals surface area contributed by atoms with Crippen molar-refractivity contribution in [3.8, 4) is 0 Å². The van der Waals surface area contributed by atoms with E-state index in [1.165, 1.54) is 12.8 Å². The third-order valence-corrected chi connectivity index (χ3v) is 1.68. The normalized spacial score (nSPS) is 11.2. The van der Waals surface area contributed by atoms with Crippen molar-refractivity contribution < 1.29 is 9.78 Å². The third kappa shape index (κ3) is 11.7. The van der Waals surface area contributed by atoms with E-state index in [4.69, 9.17) is 9.78 Å². The molecule has 0 rings (SSSR count). The molecule has 13 heavy (non-hydrogen) atoms. The summed E-state index contributed by atoms with van der Waals surface area (Å²) in [4.78, 5) is 9.96. The van der Waals surface area contributed by atoms with E-state index >= 15 is 0 Å². The molecule has 0 fully saturated rings. The van der Waals surface area contributed by atoms with Crippen LogP contribution in [0.5, 0.6) is 0 Å². The molecule has 0 radical (unpaired) electrons. The molecule has 0 atom stereocenters. The zero-order valence-corrected chi connectivity index (χ0v) is 8.92. The van der Waals surface area contributed by atoms with Crippen LogP contribution in [0.15, 0.2) is 12.2 Å². The number of hydrogen-bond donors (Lipinski definition) is 0. The number of unbranched alkanes of at least 4 members (excludes halogenated alkanes) is 2. The van der Waals surface area contributed by atoms with Gasteiger partial charge in [0.25, 0.3) is 0 Å². The van der Waals surface area contributed by atoms with Crippen molar-refractivity contribution in [2.75, 3.05) is 13.2 Å². The zero-order valence-electron chi connectivity index (χ0n) is 8.92. The van der Waals surface area contributed by atoms with Gasteiger partial charge in [0.2, 0.25) is 0 Å². The standard InChI is InChI=1S/C11H22O2/c1-3-5-7-9-11-13-12-10-8-6-4-2/h5,7H,3-4,6,8-11H2,1-2H3/b7-5+. The Balaban J connectivity index is 2.87. The molecule has 0 aromatic rings. The average Bonchev–Trinajstić information content (AvgIpc) is 2.16. The van der Waals surface area contributed by atoms with Gasteiger partial charge < -0.3 is 0 Å². The third-order valence-electron chi connectivity index (χ3n) is 1.68. The van der Waals surface area contributed by atoms with Gasteiger partial charge in [-0.3, -0.25) is 0 Å². The van der Waals surface area contributed by atoms with Crippen molar-refractivity contribution in [1.29, 1.82) is 0 Å². The summed E-state index contributed by atoms with van der Waals surface area (Å²) < 4.78 is 0. The fourth-order valence-corrected chi connectivity index (χ4v) is 0.930. The summed E-state index contributed by atoms with van der Waals surface area (Å²) in [5, 5.41) is 0. The number of hydrogen-bond acceptors (Lipinski definition) is 2. The van der Waals surface area contributed by atoms with E-state index < -0.39 is 0 Å². The van der Waals surface area contributed by atoms with Crippen molar-refractivity contribution in [2.45, 2.75) is 46.0 Å². The molecule has 0 aromatic heterocycles. The minimum Gasteiger partial charge on any atom is -0.237 e. The van der Waals surface area contributed by atoms with Crippen molar-refractivity contribution in [2.24, 2.45) is 0 Å². The van der Waals surface area contributed by atoms with Gasteiger partial charge in [-0.2, -0.15) is 0 Å². The van der Waals surface area contributed by atoms with E-state index in [1.54, 1.807) is 0 Å². The summed E-state index contributed by atoms with van der Waals surface area (Å²) in [5.74, 6) is 0. The lowest BCUT2D eigenvalue weighted by atomic mass is 10.3. The molecule has 0 heterocycles. The number of rotatable bonds is 9. The molecule has 0 aliphatic carbocycles. The van der Waals surface area contributed by atoms with Gasteiger partial charge in [0.1, 0.15) is 0 Å². The summed E-state index contributed by atoms with van der Waals surface area (Å²) in [5.41, 5.74) is 0. The zero-order chi connectivity index (χ0) is 9.78. The predicted molar refractivity (Wildman–Crippen MR) is 55.5 cm³/mol. The second-order valence-corrected chi connectivity index (χ2v) is 3.02. The van der Waals surface area contributed by atoms with Crippen LogP contribution in [0.25, 0.3) is 0 Å². The molecule has 0 N–H and O–H groups in total. The summed E-state index contributed by atoms with van der Waals surface area (Å²) in [6.45, 7) is 5.70. The van der Waals surface area contributed by atoms with Crippen molar-refractivity contribution in [3.63, 3.8) is 0 Å². The topological polar surface area (TPSA) is 18.5 Å². The maximum absolute atomic E-state index is 4.98. The smallest absolute Gasteiger partial charge is 0.0856 e. The van der Waals surface area contributed by atoms with Crippen molar-refractivity contribution >= 4 is 0 Å². The van der Waals surface area contributed by atoms with Gasteiger partial charge in [0.05, 0.1) is 13.2 Å². The lowest BCUT2D eigenvalue weighted by Crippen LogP contribution is -1.97. The lowest BCUT2D eigenvalue weighted by Gasteiger charge is -2.01. The van der Waals surface area contributed by atoms with Gasteiger partial charge in [0, 0.05) is 0 Å². The van der Waals surface area contributed by atoms with Gasteiger partial charge in [-0.05, 0) is 19.3 Å². The maximum Gasteiger partial charge on any atom is 0.0856 e. The predicted octanol–water partition coefficient (Wildman–Crippen LogP) is 3.48. The fraction of sp³-hybridized carbons (Fsp3) is 0.818. The average molecular weight is 186 g/mol. The van der Waals surface area contributed by atoms with Crippen LogP contribution in [0.3, 0.4) is 0 Å². The van der Waals surface area contributed by atoms with Crippen LogP contribution in [0.2, 0.25) is 0 Å². The van der Waals surface area contributed by atoms with E-state index in [2.05, 4.69) is 26.0 Å². The molecule has 0 spiro atoms. The van der Waals surface area contributed by atoms with Crippen LogP contribution in [0.4, 0.5) is 0 Å². The molecule has 0 aromatic carbocycles. The van der Waals surface area contributed by atoms with Crippen LogP contribution in [0.1, 0.15) is 46.0 Å². The Labute approximate surface area is 81.9 Å². The molecule has 0 saturated carbocycles. The molecule has 0 saturated heterocycles. The van der Waals surface area contributed by atoms with E-state index in [-0.39, 0.29) is 0 Å². The Morgan fingerprint density at radius 3 is 2.38 bits per heavy atom. The first-order valence-electron chi connectivity index (χ1n) is 5.31. The molecule has 0 bridgehead atoms. The minimum absolute atomic E-state index is 0.669. The van der Waals surface area contributed by atoms with E-state index in [1.807, 2.05) is 0 Å². The van der Waals surface area contributed by atoms with Gasteiger partial charge >= 0.3 is 0 Å². The van der Waals surface area contributed by atoms with E-state index in [0.29, 0.717) is 6.61 Å².